The molecular formula is C12H14N2O5. The van der Waals surface area contributed by atoms with E-state index in [0.29, 0.717) is 0 Å². The molecule has 0 bridgehead atoms. The van der Waals surface area contributed by atoms with Gasteiger partial charge in [-0.25, -0.2) is 0 Å². The highest BCUT2D eigenvalue weighted by molar-refractivity contribution is 5.98. The van der Waals surface area contributed by atoms with Gasteiger partial charge in [-0.1, -0.05) is 12.1 Å². The molecule has 1 N–H and O–H groups in total. The number of nitro benzene ring substituents is 1. The largest absolute Gasteiger partial charge is 0.469 e. The minimum Gasteiger partial charge on any atom is -0.469 e. The van der Waals surface area contributed by atoms with Crippen LogP contribution in [-0.2, 0) is 9.53 Å². The number of para-hydroxylation sites is 1. The average Bonchev–Trinajstić information content (AvgIpc) is 2.38. The van der Waals surface area contributed by atoms with Crippen LogP contribution in [0.15, 0.2) is 24.3 Å². The van der Waals surface area contributed by atoms with Crippen molar-refractivity contribution in [3.8, 4) is 0 Å². The Kier molecular flexibility index (Phi) is 4.99. The molecule has 1 amide bonds. The van der Waals surface area contributed by atoms with Gasteiger partial charge in [0.1, 0.15) is 5.56 Å². The molecule has 0 aliphatic carbocycles. The zero-order valence-electron chi connectivity index (χ0n) is 10.6. The van der Waals surface area contributed by atoms with Crippen LogP contribution >= 0.6 is 0 Å². The van der Waals surface area contributed by atoms with Crippen molar-refractivity contribution >= 4 is 17.6 Å². The number of benzene rings is 1. The fourth-order valence-corrected chi connectivity index (χ4v) is 1.51. The van der Waals surface area contributed by atoms with Gasteiger partial charge in [-0.05, 0) is 13.0 Å². The van der Waals surface area contributed by atoms with Gasteiger partial charge in [0.25, 0.3) is 11.6 Å². The molecule has 0 heterocycles. The summed E-state index contributed by atoms with van der Waals surface area (Å²) in [6, 6.07) is 5.15. The van der Waals surface area contributed by atoms with Crippen LogP contribution in [0.5, 0.6) is 0 Å². The van der Waals surface area contributed by atoms with Crippen molar-refractivity contribution in [3.63, 3.8) is 0 Å². The van der Waals surface area contributed by atoms with Gasteiger partial charge in [0.2, 0.25) is 0 Å². The number of methoxy groups -OCH3 is 1. The highest BCUT2D eigenvalue weighted by Crippen LogP contribution is 2.17. The van der Waals surface area contributed by atoms with Crippen molar-refractivity contribution in [1.29, 1.82) is 0 Å². The number of nitrogens with zero attached hydrogens (tertiary/aromatic N) is 1. The highest BCUT2D eigenvalue weighted by Gasteiger charge is 2.21. The third-order valence-corrected chi connectivity index (χ3v) is 2.42. The van der Waals surface area contributed by atoms with Crippen molar-refractivity contribution in [3.05, 3.63) is 39.9 Å². The molecule has 0 aliphatic heterocycles. The number of rotatable bonds is 5. The Morgan fingerprint density at radius 1 is 1.42 bits per heavy atom. The Labute approximate surface area is 109 Å². The van der Waals surface area contributed by atoms with E-state index in [9.17, 15) is 19.7 Å². The fraction of sp³-hybridized carbons (Fsp3) is 0.333. The zero-order chi connectivity index (χ0) is 14.4. The molecule has 1 rings (SSSR count). The van der Waals surface area contributed by atoms with Gasteiger partial charge in [0.05, 0.1) is 18.5 Å². The summed E-state index contributed by atoms with van der Waals surface area (Å²) in [6.45, 7) is 1.61. The maximum atomic E-state index is 11.9. The van der Waals surface area contributed by atoms with E-state index in [2.05, 4.69) is 10.1 Å². The lowest BCUT2D eigenvalue weighted by Crippen LogP contribution is -2.34. The number of nitrogens with one attached hydrogen (secondary N) is 1. The summed E-state index contributed by atoms with van der Waals surface area (Å²) < 4.78 is 4.47. The third kappa shape index (κ3) is 4.06. The molecule has 1 aromatic rings. The molecule has 0 fully saturated rings. The van der Waals surface area contributed by atoms with Crippen LogP contribution in [0.3, 0.4) is 0 Å². The van der Waals surface area contributed by atoms with Crippen LogP contribution in [0.25, 0.3) is 0 Å². The first-order chi connectivity index (χ1) is 8.95. The van der Waals surface area contributed by atoms with Gasteiger partial charge >= 0.3 is 5.97 Å². The van der Waals surface area contributed by atoms with Gasteiger partial charge in [0, 0.05) is 12.1 Å². The summed E-state index contributed by atoms with van der Waals surface area (Å²) in [5.74, 6) is -1.06. The maximum absolute atomic E-state index is 11.9. The van der Waals surface area contributed by atoms with Crippen LogP contribution in [0.2, 0.25) is 0 Å². The van der Waals surface area contributed by atoms with Crippen molar-refractivity contribution < 1.29 is 19.2 Å². The van der Waals surface area contributed by atoms with Crippen molar-refractivity contribution in [2.75, 3.05) is 7.11 Å². The van der Waals surface area contributed by atoms with E-state index in [4.69, 9.17) is 0 Å². The Balaban J connectivity index is 2.79. The first-order valence-electron chi connectivity index (χ1n) is 5.56. The van der Waals surface area contributed by atoms with Gasteiger partial charge < -0.3 is 10.1 Å². The first-order valence-corrected chi connectivity index (χ1v) is 5.56. The molecule has 102 valence electrons. The molecule has 0 saturated heterocycles. The number of ether oxygens (including phenoxy) is 1. The van der Waals surface area contributed by atoms with E-state index >= 15 is 0 Å². The van der Waals surface area contributed by atoms with Gasteiger partial charge in [-0.15, -0.1) is 0 Å². The summed E-state index contributed by atoms with van der Waals surface area (Å²) in [6.07, 6.45) is 0.00285. The SMILES string of the molecule is COC(=O)CC(C)NC(=O)c1ccccc1[N+](=O)[O-]. The number of hydrogen-bond acceptors (Lipinski definition) is 5. The number of hydrogen-bond donors (Lipinski definition) is 1. The minimum atomic E-state index is -0.625. The van der Waals surface area contributed by atoms with E-state index in [0.717, 1.165) is 0 Å². The molecule has 1 unspecified atom stereocenters. The van der Waals surface area contributed by atoms with Crippen molar-refractivity contribution in [1.82, 2.24) is 5.32 Å². The number of amides is 1. The average molecular weight is 266 g/mol. The second-order valence-electron chi connectivity index (χ2n) is 3.93. The summed E-state index contributed by atoms with van der Waals surface area (Å²) in [4.78, 5) is 33.1. The number of nitro groups is 1. The fourth-order valence-electron chi connectivity index (χ4n) is 1.51. The quantitative estimate of drug-likeness (QED) is 0.491. The lowest BCUT2D eigenvalue weighted by atomic mass is 10.1. The number of carbonyl (C=O) groups excluding carboxylic acids is 2. The monoisotopic (exact) mass is 266 g/mol. The Bertz CT molecular complexity index is 501. The topological polar surface area (TPSA) is 98.5 Å². The Morgan fingerprint density at radius 3 is 2.63 bits per heavy atom. The van der Waals surface area contributed by atoms with E-state index in [1.807, 2.05) is 0 Å². The minimum absolute atomic E-state index is 0.00285. The second kappa shape index (κ2) is 6.48. The predicted molar refractivity (Wildman–Crippen MR) is 66.7 cm³/mol. The number of esters is 1. The summed E-state index contributed by atoms with van der Waals surface area (Å²) in [5, 5.41) is 13.3. The van der Waals surface area contributed by atoms with E-state index < -0.39 is 22.8 Å². The van der Waals surface area contributed by atoms with Crippen LogP contribution < -0.4 is 5.32 Å². The summed E-state index contributed by atoms with van der Waals surface area (Å²) in [5.41, 5.74) is -0.311. The second-order valence-corrected chi connectivity index (χ2v) is 3.93. The molecule has 0 spiro atoms. The lowest BCUT2D eigenvalue weighted by molar-refractivity contribution is -0.385. The van der Waals surface area contributed by atoms with Crippen LogP contribution in [0, 0.1) is 10.1 Å². The van der Waals surface area contributed by atoms with Crippen LogP contribution in [0.1, 0.15) is 23.7 Å². The normalized spacial score (nSPS) is 11.5. The van der Waals surface area contributed by atoms with Gasteiger partial charge in [-0.2, -0.15) is 0 Å². The van der Waals surface area contributed by atoms with Gasteiger partial charge in [-0.3, -0.25) is 19.7 Å². The molecule has 7 heteroatoms. The molecular weight excluding hydrogens is 252 g/mol. The summed E-state index contributed by atoms with van der Waals surface area (Å²) in [7, 11) is 1.25. The Hall–Kier alpha value is -2.44. The maximum Gasteiger partial charge on any atom is 0.307 e. The molecule has 0 saturated carbocycles. The molecule has 7 nitrogen and oxygen atoms in total. The van der Waals surface area contributed by atoms with E-state index in [-0.39, 0.29) is 17.7 Å². The van der Waals surface area contributed by atoms with Gasteiger partial charge in [0.15, 0.2) is 0 Å². The smallest absolute Gasteiger partial charge is 0.307 e. The first kappa shape index (κ1) is 14.6. The molecule has 1 aromatic carbocycles. The molecule has 1 atom stereocenters. The van der Waals surface area contributed by atoms with Crippen LogP contribution in [-0.4, -0.2) is 30.0 Å². The Morgan fingerprint density at radius 2 is 2.05 bits per heavy atom. The predicted octanol–water partition coefficient (Wildman–Crippen LogP) is 1.28. The zero-order valence-corrected chi connectivity index (χ0v) is 10.6. The van der Waals surface area contributed by atoms with Crippen molar-refractivity contribution in [2.45, 2.75) is 19.4 Å². The van der Waals surface area contributed by atoms with Crippen LogP contribution in [0.4, 0.5) is 5.69 Å². The van der Waals surface area contributed by atoms with E-state index in [1.54, 1.807) is 6.92 Å². The molecule has 0 aromatic heterocycles. The molecule has 0 radical (unpaired) electrons. The highest BCUT2D eigenvalue weighted by atomic mass is 16.6. The molecule has 19 heavy (non-hydrogen) atoms. The lowest BCUT2D eigenvalue weighted by Gasteiger charge is -2.12. The third-order valence-electron chi connectivity index (χ3n) is 2.42. The molecule has 0 aliphatic rings. The standard InChI is InChI=1S/C12H14N2O5/c1-8(7-11(15)19-2)13-12(16)9-5-3-4-6-10(9)14(17)18/h3-6,8H,7H2,1-2H3,(H,13,16). The summed E-state index contributed by atoms with van der Waals surface area (Å²) >= 11 is 0. The van der Waals surface area contributed by atoms with Crippen molar-refractivity contribution in [2.24, 2.45) is 0 Å². The number of carbonyl (C=O) groups is 2. The van der Waals surface area contributed by atoms with E-state index in [1.165, 1.54) is 31.4 Å².